The average molecular weight is 417 g/mol. The third-order valence-corrected chi connectivity index (χ3v) is 6.89. The first-order chi connectivity index (χ1) is 13.7. The molecule has 0 aromatic heterocycles. The van der Waals surface area contributed by atoms with Crippen LogP contribution in [-0.4, -0.2) is 62.9 Å². The smallest absolute Gasteiger partial charge is 0.244 e. The van der Waals surface area contributed by atoms with Crippen LogP contribution in [0.15, 0.2) is 59.6 Å². The van der Waals surface area contributed by atoms with Gasteiger partial charge >= 0.3 is 0 Å². The zero-order valence-electron chi connectivity index (χ0n) is 16.8. The van der Waals surface area contributed by atoms with E-state index in [1.54, 1.807) is 37.1 Å². The Morgan fingerprint density at radius 2 is 2.00 bits per heavy atom. The number of nitrogens with one attached hydrogen (secondary N) is 1. The Kier molecular flexibility index (Phi) is 6.26. The largest absolute Gasteiger partial charge is 0.362 e. The lowest BCUT2D eigenvalue weighted by Gasteiger charge is -2.30. The number of hydrogen-bond acceptors (Lipinski definition) is 5. The highest BCUT2D eigenvalue weighted by Gasteiger charge is 2.35. The fourth-order valence-electron chi connectivity index (χ4n) is 3.69. The van der Waals surface area contributed by atoms with Crippen LogP contribution in [0.5, 0.6) is 0 Å². The second kappa shape index (κ2) is 8.52. The lowest BCUT2D eigenvalue weighted by atomic mass is 10.1. The molecule has 7 nitrogen and oxygen atoms in total. The minimum absolute atomic E-state index is 0.0605. The highest BCUT2D eigenvalue weighted by atomic mass is 32.2. The number of likely N-dealkylation sites (tertiary alicyclic amines) is 1. The van der Waals surface area contributed by atoms with Crippen LogP contribution in [0.3, 0.4) is 0 Å². The van der Waals surface area contributed by atoms with Crippen LogP contribution in [0.2, 0.25) is 0 Å². The first kappa shape index (κ1) is 21.3. The monoisotopic (exact) mass is 416 g/mol. The van der Waals surface area contributed by atoms with Crippen molar-refractivity contribution in [1.29, 1.82) is 0 Å². The summed E-state index contributed by atoms with van der Waals surface area (Å²) in [6.45, 7) is 7.29. The number of fused-ring (bicyclic) bond motifs is 1. The highest BCUT2D eigenvalue weighted by Crippen LogP contribution is 2.26. The van der Waals surface area contributed by atoms with Gasteiger partial charge in [-0.3, -0.25) is 4.79 Å². The molecule has 1 heterocycles. The van der Waals surface area contributed by atoms with E-state index in [4.69, 9.17) is 5.73 Å². The molecule has 0 saturated carbocycles. The molecule has 3 N–H and O–H groups in total. The molecule has 1 aliphatic rings. The van der Waals surface area contributed by atoms with Gasteiger partial charge in [0.15, 0.2) is 0 Å². The van der Waals surface area contributed by atoms with Crippen molar-refractivity contribution in [2.45, 2.75) is 30.3 Å². The van der Waals surface area contributed by atoms with Crippen LogP contribution in [0.1, 0.15) is 13.3 Å². The van der Waals surface area contributed by atoms with E-state index in [0.717, 1.165) is 10.8 Å². The highest BCUT2D eigenvalue weighted by molar-refractivity contribution is 7.89. The summed E-state index contributed by atoms with van der Waals surface area (Å²) >= 11 is 0. The number of hydrogen-bond donors (Lipinski definition) is 2. The minimum Gasteiger partial charge on any atom is -0.362 e. The molecular weight excluding hydrogens is 388 g/mol. The van der Waals surface area contributed by atoms with Crippen molar-refractivity contribution in [3.63, 3.8) is 0 Å². The van der Waals surface area contributed by atoms with Gasteiger partial charge in [0, 0.05) is 32.4 Å². The Morgan fingerprint density at radius 1 is 1.31 bits per heavy atom. The van der Waals surface area contributed by atoms with Gasteiger partial charge in [0.1, 0.15) is 6.04 Å². The Labute approximate surface area is 172 Å². The molecule has 1 fully saturated rings. The molecule has 1 amide bonds. The molecule has 29 heavy (non-hydrogen) atoms. The topological polar surface area (TPSA) is 95.7 Å². The summed E-state index contributed by atoms with van der Waals surface area (Å²) in [4.78, 5) is 16.2. The predicted molar refractivity (Wildman–Crippen MR) is 115 cm³/mol. The molecule has 8 heteroatoms. The maximum Gasteiger partial charge on any atom is 0.244 e. The maximum atomic E-state index is 12.9. The standard InChI is InChI=1S/C21H28N4O3S/c1-15-20(10-12-25(15)16(2)21(26)24(3)13-11-22)23-29(27,28)19-9-8-17-6-4-5-7-18(17)14-19/h4-9,14,16,20,23H,1,10-13,22H2,2-3H3. The Bertz CT molecular complexity index is 1020. The lowest BCUT2D eigenvalue weighted by Crippen LogP contribution is -2.46. The van der Waals surface area contributed by atoms with Gasteiger partial charge in [-0.05, 0) is 36.2 Å². The van der Waals surface area contributed by atoms with E-state index in [-0.39, 0.29) is 10.8 Å². The quantitative estimate of drug-likeness (QED) is 0.713. The van der Waals surface area contributed by atoms with E-state index < -0.39 is 22.1 Å². The van der Waals surface area contributed by atoms with Crippen molar-refractivity contribution in [3.05, 3.63) is 54.7 Å². The van der Waals surface area contributed by atoms with Gasteiger partial charge in [0.2, 0.25) is 15.9 Å². The second-order valence-corrected chi connectivity index (χ2v) is 9.09. The van der Waals surface area contributed by atoms with E-state index in [0.29, 0.717) is 31.8 Å². The molecule has 1 aliphatic heterocycles. The minimum atomic E-state index is -3.71. The van der Waals surface area contributed by atoms with E-state index in [2.05, 4.69) is 11.3 Å². The number of carbonyl (C=O) groups excluding carboxylic acids is 1. The molecule has 2 unspecified atom stereocenters. The number of benzene rings is 2. The van der Waals surface area contributed by atoms with Crippen LogP contribution in [0, 0.1) is 0 Å². The number of rotatable bonds is 7. The molecule has 0 aliphatic carbocycles. The Balaban J connectivity index is 1.73. The molecule has 2 atom stereocenters. The average Bonchev–Trinajstić information content (AvgIpc) is 3.06. The van der Waals surface area contributed by atoms with Crippen molar-refractivity contribution in [2.24, 2.45) is 5.73 Å². The third kappa shape index (κ3) is 4.44. The summed E-state index contributed by atoms with van der Waals surface area (Å²) in [5, 5.41) is 1.85. The van der Waals surface area contributed by atoms with Crippen molar-refractivity contribution < 1.29 is 13.2 Å². The summed E-state index contributed by atoms with van der Waals surface area (Å²) in [5.41, 5.74) is 6.14. The van der Waals surface area contributed by atoms with Gasteiger partial charge < -0.3 is 15.5 Å². The van der Waals surface area contributed by atoms with Crippen LogP contribution < -0.4 is 10.5 Å². The van der Waals surface area contributed by atoms with Gasteiger partial charge in [-0.25, -0.2) is 13.1 Å². The van der Waals surface area contributed by atoms with Gasteiger partial charge in [-0.2, -0.15) is 0 Å². The SMILES string of the molecule is C=C1C(NS(=O)(=O)c2ccc3ccccc3c2)CCN1C(C)C(=O)N(C)CCN. The summed E-state index contributed by atoms with van der Waals surface area (Å²) in [7, 11) is -2.00. The summed E-state index contributed by atoms with van der Waals surface area (Å²) in [6, 6.07) is 11.8. The van der Waals surface area contributed by atoms with E-state index >= 15 is 0 Å². The fraction of sp³-hybridized carbons (Fsp3) is 0.381. The summed E-state index contributed by atoms with van der Waals surface area (Å²) in [6.07, 6.45) is 0.559. The first-order valence-corrected chi connectivity index (χ1v) is 11.1. The van der Waals surface area contributed by atoms with Gasteiger partial charge in [-0.15, -0.1) is 0 Å². The Morgan fingerprint density at radius 3 is 2.69 bits per heavy atom. The van der Waals surface area contributed by atoms with Crippen molar-refractivity contribution >= 4 is 26.7 Å². The third-order valence-electron chi connectivity index (χ3n) is 5.42. The van der Waals surface area contributed by atoms with Gasteiger partial charge in [0.25, 0.3) is 0 Å². The normalized spacial score (nSPS) is 18.2. The van der Waals surface area contributed by atoms with Crippen LogP contribution >= 0.6 is 0 Å². The molecule has 0 radical (unpaired) electrons. The summed E-state index contributed by atoms with van der Waals surface area (Å²) < 4.78 is 28.6. The number of carbonyl (C=O) groups is 1. The second-order valence-electron chi connectivity index (χ2n) is 7.38. The van der Waals surface area contributed by atoms with Gasteiger partial charge in [-0.1, -0.05) is 36.9 Å². The zero-order chi connectivity index (χ0) is 21.2. The van der Waals surface area contributed by atoms with Crippen LogP contribution in [0.25, 0.3) is 10.8 Å². The lowest BCUT2D eigenvalue weighted by molar-refractivity contribution is -0.134. The Hall–Kier alpha value is -2.42. The number of sulfonamides is 1. The van der Waals surface area contributed by atoms with Crippen molar-refractivity contribution in [1.82, 2.24) is 14.5 Å². The summed E-state index contributed by atoms with van der Waals surface area (Å²) in [5.74, 6) is -0.0605. The van der Waals surface area contributed by atoms with E-state index in [1.807, 2.05) is 29.2 Å². The molecule has 0 bridgehead atoms. The molecule has 2 aromatic rings. The van der Waals surface area contributed by atoms with E-state index in [9.17, 15) is 13.2 Å². The molecule has 156 valence electrons. The van der Waals surface area contributed by atoms with Crippen molar-refractivity contribution in [2.75, 3.05) is 26.7 Å². The molecule has 0 spiro atoms. The van der Waals surface area contributed by atoms with Gasteiger partial charge in [0.05, 0.1) is 10.9 Å². The predicted octanol–water partition coefficient (Wildman–Crippen LogP) is 1.51. The molecule has 2 aromatic carbocycles. The molecular formula is C21H28N4O3S. The number of likely N-dealkylation sites (N-methyl/N-ethyl adjacent to an activating group) is 1. The number of amides is 1. The number of nitrogens with zero attached hydrogens (tertiary/aromatic N) is 2. The van der Waals surface area contributed by atoms with E-state index in [1.165, 1.54) is 0 Å². The van der Waals surface area contributed by atoms with Crippen LogP contribution in [0.4, 0.5) is 0 Å². The van der Waals surface area contributed by atoms with Crippen molar-refractivity contribution in [3.8, 4) is 0 Å². The maximum absolute atomic E-state index is 12.9. The van der Waals surface area contributed by atoms with Crippen LogP contribution in [-0.2, 0) is 14.8 Å². The molecule has 3 rings (SSSR count). The first-order valence-electron chi connectivity index (χ1n) is 9.66. The molecule has 1 saturated heterocycles. The zero-order valence-corrected chi connectivity index (χ0v) is 17.7. The fourth-order valence-corrected chi connectivity index (χ4v) is 4.99. The number of nitrogens with two attached hydrogens (primary N) is 1.